The molecule has 2 heterocycles. The highest BCUT2D eigenvalue weighted by Crippen LogP contribution is 2.24. The van der Waals surface area contributed by atoms with Crippen molar-refractivity contribution >= 4 is 11.8 Å². The Labute approximate surface area is 156 Å². The summed E-state index contributed by atoms with van der Waals surface area (Å²) in [7, 11) is 3.12. The van der Waals surface area contributed by atoms with Crippen molar-refractivity contribution in [1.29, 1.82) is 0 Å². The summed E-state index contributed by atoms with van der Waals surface area (Å²) in [6.07, 6.45) is 0.272. The molecule has 1 atom stereocenters. The van der Waals surface area contributed by atoms with Gasteiger partial charge in [0, 0.05) is 43.3 Å². The third-order valence-electron chi connectivity index (χ3n) is 4.37. The number of methoxy groups -OCH3 is 1. The summed E-state index contributed by atoms with van der Waals surface area (Å²) in [6.45, 7) is 0.466. The van der Waals surface area contributed by atoms with Crippen LogP contribution in [-0.2, 0) is 4.79 Å². The number of primary amides is 1. The van der Waals surface area contributed by atoms with Gasteiger partial charge in [-0.15, -0.1) is 0 Å². The molecular formula is C20H19N3O4. The summed E-state index contributed by atoms with van der Waals surface area (Å²) in [5.74, 6) is 4.94. The Morgan fingerprint density at radius 3 is 2.78 bits per heavy atom. The molecule has 1 fully saturated rings. The van der Waals surface area contributed by atoms with Crippen LogP contribution in [0.4, 0.5) is 0 Å². The van der Waals surface area contributed by atoms with E-state index in [0.717, 1.165) is 0 Å². The zero-order valence-corrected chi connectivity index (χ0v) is 15.0. The topological polar surface area (TPSA) is 106 Å². The van der Waals surface area contributed by atoms with E-state index < -0.39 is 17.4 Å². The van der Waals surface area contributed by atoms with Crippen LogP contribution in [0.25, 0.3) is 11.3 Å². The second kappa shape index (κ2) is 7.09. The Bertz CT molecular complexity index is 977. The van der Waals surface area contributed by atoms with E-state index in [4.69, 9.17) is 10.5 Å². The lowest BCUT2D eigenvalue weighted by Gasteiger charge is -2.13. The average molecular weight is 365 g/mol. The molecule has 1 aromatic carbocycles. The number of rotatable bonds is 3. The molecule has 7 nitrogen and oxygen atoms in total. The summed E-state index contributed by atoms with van der Waals surface area (Å²) in [4.78, 5) is 29.2. The van der Waals surface area contributed by atoms with Gasteiger partial charge in [-0.3, -0.25) is 9.59 Å². The first-order chi connectivity index (χ1) is 12.8. The monoisotopic (exact) mass is 365 g/mol. The molecule has 0 saturated carbocycles. The number of hydrogen-bond acceptors (Lipinski definition) is 5. The highest BCUT2D eigenvalue weighted by atomic mass is 16.5. The van der Waals surface area contributed by atoms with Gasteiger partial charge < -0.3 is 20.5 Å². The lowest BCUT2D eigenvalue weighted by molar-refractivity contribution is -0.137. The molecule has 2 amide bonds. The fraction of sp³-hybridized carbons (Fsp3) is 0.250. The van der Waals surface area contributed by atoms with Gasteiger partial charge in [0.15, 0.2) is 0 Å². The van der Waals surface area contributed by atoms with Crippen molar-refractivity contribution in [1.82, 2.24) is 9.88 Å². The molecule has 0 bridgehead atoms. The molecule has 7 heteroatoms. The predicted octanol–water partition coefficient (Wildman–Crippen LogP) is 0.801. The van der Waals surface area contributed by atoms with Gasteiger partial charge in [-0.1, -0.05) is 24.0 Å². The normalized spacial score (nSPS) is 18.8. The number of aromatic nitrogens is 1. The van der Waals surface area contributed by atoms with Gasteiger partial charge in [0.2, 0.25) is 5.60 Å². The Hall–Kier alpha value is -3.37. The molecule has 1 saturated heterocycles. The van der Waals surface area contributed by atoms with Crippen molar-refractivity contribution in [2.45, 2.75) is 12.0 Å². The highest BCUT2D eigenvalue weighted by Gasteiger charge is 2.42. The van der Waals surface area contributed by atoms with Crippen LogP contribution < -0.4 is 10.5 Å². The maximum atomic E-state index is 12.0. The Morgan fingerprint density at radius 2 is 2.15 bits per heavy atom. The van der Waals surface area contributed by atoms with Gasteiger partial charge in [-0.25, -0.2) is 4.98 Å². The van der Waals surface area contributed by atoms with Gasteiger partial charge in [0.05, 0.1) is 12.8 Å². The Kier molecular flexibility index (Phi) is 4.84. The Balaban J connectivity index is 1.96. The SMILES string of the molecule is COc1cc(C(N)=O)nc(-c2cccc(C#CC3(O)CCN(C)C3=O)c2)c1. The van der Waals surface area contributed by atoms with Crippen molar-refractivity contribution in [3.63, 3.8) is 0 Å². The van der Waals surface area contributed by atoms with Crippen LogP contribution in [0.3, 0.4) is 0 Å². The second-order valence-corrected chi connectivity index (χ2v) is 6.31. The van der Waals surface area contributed by atoms with E-state index in [1.54, 1.807) is 37.4 Å². The first-order valence-corrected chi connectivity index (χ1v) is 8.30. The third-order valence-corrected chi connectivity index (χ3v) is 4.37. The summed E-state index contributed by atoms with van der Waals surface area (Å²) in [5, 5.41) is 10.4. The quantitative estimate of drug-likeness (QED) is 0.783. The molecule has 138 valence electrons. The Morgan fingerprint density at radius 1 is 1.37 bits per heavy atom. The van der Waals surface area contributed by atoms with Gasteiger partial charge in [0.1, 0.15) is 11.4 Å². The van der Waals surface area contributed by atoms with Crippen molar-refractivity contribution in [2.75, 3.05) is 20.7 Å². The minimum atomic E-state index is -1.65. The van der Waals surface area contributed by atoms with Gasteiger partial charge in [-0.05, 0) is 12.1 Å². The standard InChI is InChI=1S/C20H19N3O4/c1-23-9-8-20(26,19(23)25)7-6-13-4-3-5-14(10-13)16-11-15(27-2)12-17(22-16)18(21)24/h3-5,10-12,26H,8-9H2,1-2H3,(H2,21,24). The average Bonchev–Trinajstić information content (AvgIpc) is 2.94. The van der Waals surface area contributed by atoms with E-state index in [1.165, 1.54) is 18.1 Å². The number of benzene rings is 1. The van der Waals surface area contributed by atoms with Crippen LogP contribution in [0.15, 0.2) is 36.4 Å². The molecule has 1 aliphatic rings. The number of amides is 2. The molecule has 0 radical (unpaired) electrons. The number of ether oxygens (including phenoxy) is 1. The van der Waals surface area contributed by atoms with E-state index in [0.29, 0.717) is 29.1 Å². The van der Waals surface area contributed by atoms with Crippen LogP contribution in [0.1, 0.15) is 22.5 Å². The molecule has 1 unspecified atom stereocenters. The molecule has 3 rings (SSSR count). The second-order valence-electron chi connectivity index (χ2n) is 6.31. The smallest absolute Gasteiger partial charge is 0.267 e. The maximum Gasteiger partial charge on any atom is 0.267 e. The molecule has 1 aliphatic heterocycles. The lowest BCUT2D eigenvalue weighted by Crippen LogP contribution is -2.37. The van der Waals surface area contributed by atoms with E-state index >= 15 is 0 Å². The van der Waals surface area contributed by atoms with Crippen LogP contribution >= 0.6 is 0 Å². The van der Waals surface area contributed by atoms with E-state index in [-0.39, 0.29) is 12.1 Å². The van der Waals surface area contributed by atoms with E-state index in [2.05, 4.69) is 16.8 Å². The molecule has 27 heavy (non-hydrogen) atoms. The van der Waals surface area contributed by atoms with Gasteiger partial charge in [-0.2, -0.15) is 0 Å². The number of carbonyl (C=O) groups excluding carboxylic acids is 2. The summed E-state index contributed by atoms with van der Waals surface area (Å²) in [5.41, 5.74) is 5.57. The predicted molar refractivity (Wildman–Crippen MR) is 98.8 cm³/mol. The van der Waals surface area contributed by atoms with E-state index in [9.17, 15) is 14.7 Å². The first kappa shape index (κ1) is 18.4. The third kappa shape index (κ3) is 3.76. The van der Waals surface area contributed by atoms with Gasteiger partial charge in [0.25, 0.3) is 11.8 Å². The first-order valence-electron chi connectivity index (χ1n) is 8.30. The number of likely N-dealkylation sites (N-methyl/N-ethyl adjacent to an activating group) is 1. The minimum absolute atomic E-state index is 0.0923. The zero-order chi connectivity index (χ0) is 19.6. The van der Waals surface area contributed by atoms with Crippen LogP contribution in [0.5, 0.6) is 5.75 Å². The highest BCUT2D eigenvalue weighted by molar-refractivity contribution is 5.92. The summed E-state index contributed by atoms with van der Waals surface area (Å²) >= 11 is 0. The number of nitrogens with zero attached hydrogens (tertiary/aromatic N) is 2. The summed E-state index contributed by atoms with van der Waals surface area (Å²) in [6, 6.07) is 10.2. The van der Waals surface area contributed by atoms with Crippen molar-refractivity contribution in [3.05, 3.63) is 47.7 Å². The number of likely N-dealkylation sites (tertiary alicyclic amines) is 1. The minimum Gasteiger partial charge on any atom is -0.497 e. The molecule has 1 aromatic heterocycles. The van der Waals surface area contributed by atoms with E-state index in [1.807, 2.05) is 0 Å². The number of carbonyl (C=O) groups is 2. The van der Waals surface area contributed by atoms with Crippen LogP contribution in [-0.4, -0.2) is 53.1 Å². The van der Waals surface area contributed by atoms with Crippen LogP contribution in [0, 0.1) is 11.8 Å². The zero-order valence-electron chi connectivity index (χ0n) is 15.0. The summed E-state index contributed by atoms with van der Waals surface area (Å²) < 4.78 is 5.20. The number of aliphatic hydroxyl groups is 1. The van der Waals surface area contributed by atoms with Crippen LogP contribution in [0.2, 0.25) is 0 Å². The van der Waals surface area contributed by atoms with Gasteiger partial charge >= 0.3 is 0 Å². The molecular weight excluding hydrogens is 346 g/mol. The maximum absolute atomic E-state index is 12.0. The molecule has 0 aliphatic carbocycles. The number of hydrogen-bond donors (Lipinski definition) is 2. The molecule has 3 N–H and O–H groups in total. The molecule has 2 aromatic rings. The number of pyridine rings is 1. The van der Waals surface area contributed by atoms with Crippen molar-refractivity contribution in [3.8, 4) is 28.8 Å². The van der Waals surface area contributed by atoms with Crippen molar-refractivity contribution in [2.24, 2.45) is 5.73 Å². The largest absolute Gasteiger partial charge is 0.497 e. The van der Waals surface area contributed by atoms with Crippen molar-refractivity contribution < 1.29 is 19.4 Å². The molecule has 0 spiro atoms. The fourth-order valence-corrected chi connectivity index (χ4v) is 2.80. The lowest BCUT2D eigenvalue weighted by atomic mass is 10.0. The fourth-order valence-electron chi connectivity index (χ4n) is 2.80. The number of nitrogens with two attached hydrogens (primary N) is 1.